The predicted molar refractivity (Wildman–Crippen MR) is 200 cm³/mol. The highest BCUT2D eigenvalue weighted by Gasteiger charge is 2.45. The number of aliphatic imine (C=N–C) groups is 1. The van der Waals surface area contributed by atoms with Crippen molar-refractivity contribution in [2.75, 3.05) is 43.9 Å². The van der Waals surface area contributed by atoms with Gasteiger partial charge < -0.3 is 26.0 Å². The summed E-state index contributed by atoms with van der Waals surface area (Å²) >= 11 is 12.6. The monoisotopic (exact) mass is 710 g/mol. The largest absolute Gasteiger partial charge is 0.497 e. The topological polar surface area (TPSA) is 116 Å². The average molecular weight is 712 g/mol. The van der Waals surface area contributed by atoms with Gasteiger partial charge in [0, 0.05) is 27.4 Å². The number of hydrogen-bond donors (Lipinski definition) is 5. The van der Waals surface area contributed by atoms with Gasteiger partial charge in [-0.2, -0.15) is 0 Å². The van der Waals surface area contributed by atoms with Gasteiger partial charge in [-0.25, -0.2) is 0 Å². The number of piperidine rings is 2. The Hall–Kier alpha value is -4.25. The third kappa shape index (κ3) is 6.76. The van der Waals surface area contributed by atoms with Gasteiger partial charge >= 0.3 is 0 Å². The first-order valence-electron chi connectivity index (χ1n) is 17.0. The van der Waals surface area contributed by atoms with Gasteiger partial charge in [0.2, 0.25) is 5.91 Å². The van der Waals surface area contributed by atoms with E-state index in [0.29, 0.717) is 28.6 Å². The van der Waals surface area contributed by atoms with Gasteiger partial charge in [-0.1, -0.05) is 83.9 Å². The van der Waals surface area contributed by atoms with E-state index >= 15 is 0 Å². The number of rotatable bonds is 3. The molecule has 4 heterocycles. The number of ether oxygens (including phenoxy) is 1. The minimum atomic E-state index is -0.786. The molecule has 2 spiro atoms. The molecule has 2 amide bonds. The molecule has 0 aromatic heterocycles. The van der Waals surface area contributed by atoms with Crippen molar-refractivity contribution in [2.24, 2.45) is 4.99 Å². The molecular formula is C39H40Cl2N6O3. The Morgan fingerprint density at radius 2 is 1.42 bits per heavy atom. The first-order chi connectivity index (χ1) is 24.3. The second kappa shape index (κ2) is 14.5. The van der Waals surface area contributed by atoms with E-state index in [9.17, 15) is 9.59 Å². The second-order valence-corrected chi connectivity index (χ2v) is 13.9. The molecule has 11 heteroatoms. The van der Waals surface area contributed by atoms with Gasteiger partial charge in [-0.05, 0) is 87.8 Å². The third-order valence-electron chi connectivity index (χ3n) is 10.0. The van der Waals surface area contributed by atoms with Crippen molar-refractivity contribution < 1.29 is 14.3 Å². The Bertz CT molecular complexity index is 1910. The van der Waals surface area contributed by atoms with Crippen LogP contribution in [-0.2, 0) is 9.59 Å². The van der Waals surface area contributed by atoms with Gasteiger partial charge in [0.1, 0.15) is 16.8 Å². The molecule has 0 aliphatic carbocycles. The van der Waals surface area contributed by atoms with E-state index < -0.39 is 11.1 Å². The number of methoxy groups -OCH3 is 1. The summed E-state index contributed by atoms with van der Waals surface area (Å²) in [5.41, 5.74) is 4.71. The summed E-state index contributed by atoms with van der Waals surface area (Å²) in [6, 6.07) is 29.4. The second-order valence-electron chi connectivity index (χ2n) is 13.1. The SMILES string of the molecule is COc1ccc2c(c1)C(c1ccccc1)NC1(CCNCC1)C(=O)N2.O=C1Nc2c(Cl)cc(Cl)cc2C(c2ccccc2)=NC12CCNCC2. The minimum absolute atomic E-state index is 0.0545. The smallest absolute Gasteiger partial charge is 0.252 e. The van der Waals surface area contributed by atoms with Crippen LogP contribution in [0.25, 0.3) is 0 Å². The number of carbonyl (C=O) groups is 2. The number of anilines is 2. The summed E-state index contributed by atoms with van der Waals surface area (Å²) in [5.74, 6) is 0.737. The van der Waals surface area contributed by atoms with Crippen LogP contribution in [-0.4, -0.2) is 61.9 Å². The van der Waals surface area contributed by atoms with Crippen LogP contribution in [0.3, 0.4) is 0 Å². The van der Waals surface area contributed by atoms with Crippen LogP contribution >= 0.6 is 23.2 Å². The molecule has 0 saturated carbocycles. The van der Waals surface area contributed by atoms with Crippen molar-refractivity contribution in [1.82, 2.24) is 16.0 Å². The highest BCUT2D eigenvalue weighted by molar-refractivity contribution is 6.39. The Morgan fingerprint density at radius 1 is 0.760 bits per heavy atom. The fraction of sp³-hybridized carbons (Fsp3) is 0.308. The molecule has 2 fully saturated rings. The van der Waals surface area contributed by atoms with Gasteiger partial charge in [0.05, 0.1) is 29.6 Å². The van der Waals surface area contributed by atoms with Crippen LogP contribution in [0.1, 0.15) is 54.0 Å². The lowest BCUT2D eigenvalue weighted by molar-refractivity contribution is -0.123. The molecule has 50 heavy (non-hydrogen) atoms. The first-order valence-corrected chi connectivity index (χ1v) is 17.8. The number of fused-ring (bicyclic) bond motifs is 2. The van der Waals surface area contributed by atoms with E-state index in [0.717, 1.165) is 78.4 Å². The maximum absolute atomic E-state index is 13.1. The zero-order valence-corrected chi connectivity index (χ0v) is 29.3. The summed E-state index contributed by atoms with van der Waals surface area (Å²) in [7, 11) is 1.66. The molecule has 0 radical (unpaired) electrons. The average Bonchev–Trinajstić information content (AvgIpc) is 3.34. The van der Waals surface area contributed by atoms with Gasteiger partial charge in [0.25, 0.3) is 5.91 Å². The molecule has 2 saturated heterocycles. The van der Waals surface area contributed by atoms with Gasteiger partial charge in [-0.15, -0.1) is 0 Å². The van der Waals surface area contributed by atoms with Crippen LogP contribution in [0.5, 0.6) is 5.75 Å². The molecule has 1 unspecified atom stereocenters. The molecule has 4 aliphatic heterocycles. The fourth-order valence-corrected chi connectivity index (χ4v) is 7.79. The van der Waals surface area contributed by atoms with Crippen molar-refractivity contribution in [1.29, 1.82) is 0 Å². The zero-order valence-electron chi connectivity index (χ0n) is 27.8. The van der Waals surface area contributed by atoms with Gasteiger partial charge in [0.15, 0.2) is 0 Å². The Kier molecular flexibility index (Phi) is 9.95. The quantitative estimate of drug-likeness (QED) is 0.169. The number of hydrogen-bond acceptors (Lipinski definition) is 7. The van der Waals surface area contributed by atoms with Crippen molar-refractivity contribution in [3.05, 3.63) is 123 Å². The Morgan fingerprint density at radius 3 is 2.10 bits per heavy atom. The fourth-order valence-electron chi connectivity index (χ4n) is 7.25. The molecule has 258 valence electrons. The molecular weight excluding hydrogens is 671 g/mol. The van der Waals surface area contributed by atoms with Crippen molar-refractivity contribution >= 4 is 52.1 Å². The zero-order chi connectivity index (χ0) is 34.7. The van der Waals surface area contributed by atoms with E-state index in [1.165, 1.54) is 0 Å². The van der Waals surface area contributed by atoms with Gasteiger partial charge in [-0.3, -0.25) is 19.9 Å². The summed E-state index contributed by atoms with van der Waals surface area (Å²) < 4.78 is 5.42. The van der Waals surface area contributed by atoms with Crippen LogP contribution in [0.2, 0.25) is 10.0 Å². The molecule has 0 bridgehead atoms. The summed E-state index contributed by atoms with van der Waals surface area (Å²) in [6.45, 7) is 3.18. The van der Waals surface area contributed by atoms with Crippen molar-refractivity contribution in [2.45, 2.75) is 42.8 Å². The number of amides is 2. The summed E-state index contributed by atoms with van der Waals surface area (Å²) in [5, 5.41) is 17.4. The van der Waals surface area contributed by atoms with E-state index in [2.05, 4.69) is 38.7 Å². The number of nitrogens with zero attached hydrogens (tertiary/aromatic N) is 1. The van der Waals surface area contributed by atoms with Crippen LogP contribution in [0.15, 0.2) is 96.0 Å². The molecule has 4 aromatic rings. The molecule has 1 atom stereocenters. The highest BCUT2D eigenvalue weighted by atomic mass is 35.5. The molecule has 9 nitrogen and oxygen atoms in total. The first kappa shape index (κ1) is 34.2. The lowest BCUT2D eigenvalue weighted by Crippen LogP contribution is -2.59. The third-order valence-corrected chi connectivity index (χ3v) is 10.6. The number of nitrogens with one attached hydrogen (secondary N) is 5. The van der Waals surface area contributed by atoms with Crippen LogP contribution in [0, 0.1) is 0 Å². The molecule has 5 N–H and O–H groups in total. The summed E-state index contributed by atoms with van der Waals surface area (Å²) in [4.78, 5) is 31.1. The Balaban J connectivity index is 0.000000157. The lowest BCUT2D eigenvalue weighted by atomic mass is 9.85. The Labute approximate surface area is 302 Å². The predicted octanol–water partition coefficient (Wildman–Crippen LogP) is 6.35. The van der Waals surface area contributed by atoms with E-state index in [1.807, 2.05) is 72.8 Å². The van der Waals surface area contributed by atoms with Crippen molar-refractivity contribution in [3.8, 4) is 5.75 Å². The molecule has 4 aliphatic rings. The van der Waals surface area contributed by atoms with E-state index in [1.54, 1.807) is 13.2 Å². The highest BCUT2D eigenvalue weighted by Crippen LogP contribution is 2.40. The molecule has 4 aromatic carbocycles. The van der Waals surface area contributed by atoms with Crippen molar-refractivity contribution in [3.63, 3.8) is 0 Å². The maximum atomic E-state index is 13.1. The number of carbonyl (C=O) groups excluding carboxylic acids is 2. The lowest BCUT2D eigenvalue weighted by Gasteiger charge is -2.38. The maximum Gasteiger partial charge on any atom is 0.252 e. The normalized spacial score (nSPS) is 20.5. The van der Waals surface area contributed by atoms with Crippen LogP contribution in [0.4, 0.5) is 11.4 Å². The molecule has 8 rings (SSSR count). The number of benzene rings is 4. The minimum Gasteiger partial charge on any atom is -0.497 e. The van der Waals surface area contributed by atoms with Crippen LogP contribution < -0.4 is 31.3 Å². The standard InChI is InChI=1S/C20H23N3O2.C19H17Cl2N3O/c1-25-15-7-8-17-16(13-15)18(14-5-3-2-4-6-14)23-20(19(24)22-17)9-11-21-12-10-20;20-13-10-14-16(12-4-2-1-3-5-12)24-19(6-8-22-9-7-19)18(25)23-17(14)15(21)11-13/h2-8,13,18,21,23H,9-12H2,1H3,(H,22,24);1-5,10-11,22H,6-9H2,(H,23,25). The number of halogens is 2. The van der Waals surface area contributed by atoms with E-state index in [-0.39, 0.29) is 17.9 Å². The van der Waals surface area contributed by atoms with E-state index in [4.69, 9.17) is 32.9 Å². The summed E-state index contributed by atoms with van der Waals surface area (Å²) in [6.07, 6.45) is 2.84.